The fourth-order valence-electron chi connectivity index (χ4n) is 2.62. The highest BCUT2D eigenvalue weighted by Gasteiger charge is 2.29. The van der Waals surface area contributed by atoms with Crippen LogP contribution in [0.5, 0.6) is 0 Å². The van der Waals surface area contributed by atoms with Gasteiger partial charge in [-0.2, -0.15) is 4.31 Å². The van der Waals surface area contributed by atoms with Gasteiger partial charge in [-0.25, -0.2) is 8.42 Å². The predicted octanol–water partition coefficient (Wildman–Crippen LogP) is 2.96. The lowest BCUT2D eigenvalue weighted by atomic mass is 10.2. The van der Waals surface area contributed by atoms with Crippen LogP contribution < -0.4 is 4.90 Å². The third-order valence-corrected chi connectivity index (χ3v) is 6.73. The maximum Gasteiger partial charge on any atom is 0.244 e. The molecule has 1 aliphatic heterocycles. The number of benzene rings is 2. The number of rotatable bonds is 3. The highest BCUT2D eigenvalue weighted by Crippen LogP contribution is 2.26. The topological polar surface area (TPSA) is 40.6 Å². The van der Waals surface area contributed by atoms with E-state index in [-0.39, 0.29) is 0 Å². The third-order valence-electron chi connectivity index (χ3n) is 3.81. The smallest absolute Gasteiger partial charge is 0.244 e. The van der Waals surface area contributed by atoms with Crippen LogP contribution in [0.25, 0.3) is 0 Å². The molecule has 0 amide bonds. The molecule has 0 spiro atoms. The predicted molar refractivity (Wildman–Crippen MR) is 91.6 cm³/mol. The molecule has 0 atom stereocenters. The first kappa shape index (κ1) is 15.5. The molecule has 1 saturated heterocycles. The molecule has 0 aliphatic carbocycles. The maximum absolute atomic E-state index is 12.7. The lowest BCUT2D eigenvalue weighted by molar-refractivity contribution is 0.384. The zero-order valence-electron chi connectivity index (χ0n) is 12.0. The van der Waals surface area contributed by atoms with Crippen molar-refractivity contribution in [2.75, 3.05) is 31.1 Å². The van der Waals surface area contributed by atoms with E-state index in [1.54, 1.807) is 22.5 Å². The fourth-order valence-corrected chi connectivity index (χ4v) is 5.00. The fraction of sp³-hybridized carbons (Fsp3) is 0.250. The second-order valence-electron chi connectivity index (χ2n) is 5.16. The van der Waals surface area contributed by atoms with Crippen LogP contribution in [0, 0.1) is 0 Å². The van der Waals surface area contributed by atoms with Crippen LogP contribution in [0.3, 0.4) is 0 Å². The maximum atomic E-state index is 12.7. The minimum absolute atomic E-state index is 0.336. The van der Waals surface area contributed by atoms with Crippen molar-refractivity contribution in [3.8, 4) is 0 Å². The van der Waals surface area contributed by atoms with Gasteiger partial charge in [0.15, 0.2) is 0 Å². The van der Waals surface area contributed by atoms with E-state index in [0.717, 1.165) is 5.69 Å². The molecule has 0 aromatic heterocycles. The van der Waals surface area contributed by atoms with E-state index >= 15 is 0 Å². The Morgan fingerprint density at radius 1 is 0.818 bits per heavy atom. The number of piperazine rings is 1. The van der Waals surface area contributed by atoms with Crippen molar-refractivity contribution >= 4 is 31.6 Å². The molecule has 1 heterocycles. The van der Waals surface area contributed by atoms with Crippen molar-refractivity contribution in [1.82, 2.24) is 4.31 Å². The van der Waals surface area contributed by atoms with Crippen molar-refractivity contribution in [3.05, 3.63) is 59.1 Å². The second-order valence-corrected chi connectivity index (χ2v) is 7.92. The van der Waals surface area contributed by atoms with Crippen LogP contribution >= 0.6 is 15.9 Å². The molecule has 2 aromatic rings. The molecule has 0 saturated carbocycles. The molecule has 3 rings (SSSR count). The average Bonchev–Trinajstić information content (AvgIpc) is 2.56. The van der Waals surface area contributed by atoms with Gasteiger partial charge in [0.2, 0.25) is 10.0 Å². The summed E-state index contributed by atoms with van der Waals surface area (Å²) in [5.41, 5.74) is 1.14. The van der Waals surface area contributed by atoms with Crippen LogP contribution in [0.2, 0.25) is 0 Å². The van der Waals surface area contributed by atoms with Gasteiger partial charge in [0, 0.05) is 36.3 Å². The summed E-state index contributed by atoms with van der Waals surface area (Å²) >= 11 is 3.33. The minimum atomic E-state index is -3.44. The number of para-hydroxylation sites is 1. The van der Waals surface area contributed by atoms with Crippen molar-refractivity contribution in [3.63, 3.8) is 0 Å². The van der Waals surface area contributed by atoms with Gasteiger partial charge in [0.05, 0.1) is 4.90 Å². The number of anilines is 1. The Balaban J connectivity index is 1.75. The van der Waals surface area contributed by atoms with Crippen LogP contribution in [-0.2, 0) is 10.0 Å². The summed E-state index contributed by atoms with van der Waals surface area (Å²) in [7, 11) is -3.44. The van der Waals surface area contributed by atoms with Gasteiger partial charge in [0.1, 0.15) is 0 Å². The highest BCUT2D eigenvalue weighted by atomic mass is 79.9. The highest BCUT2D eigenvalue weighted by molar-refractivity contribution is 9.10. The molecule has 22 heavy (non-hydrogen) atoms. The third kappa shape index (κ3) is 3.04. The van der Waals surface area contributed by atoms with E-state index in [1.807, 2.05) is 24.3 Å². The largest absolute Gasteiger partial charge is 0.369 e. The van der Waals surface area contributed by atoms with E-state index in [4.69, 9.17) is 0 Å². The van der Waals surface area contributed by atoms with E-state index < -0.39 is 10.0 Å². The number of hydrogen-bond donors (Lipinski definition) is 0. The summed E-state index contributed by atoms with van der Waals surface area (Å²) in [4.78, 5) is 2.55. The van der Waals surface area contributed by atoms with E-state index in [0.29, 0.717) is 35.5 Å². The Bertz CT molecular complexity index is 742. The van der Waals surface area contributed by atoms with Gasteiger partial charge in [-0.05, 0) is 40.2 Å². The van der Waals surface area contributed by atoms with Crippen molar-refractivity contribution < 1.29 is 8.42 Å². The lowest BCUT2D eigenvalue weighted by Gasteiger charge is -2.35. The molecular weight excluding hydrogens is 364 g/mol. The second kappa shape index (κ2) is 6.40. The average molecular weight is 381 g/mol. The molecule has 0 N–H and O–H groups in total. The monoisotopic (exact) mass is 380 g/mol. The molecule has 4 nitrogen and oxygen atoms in total. The molecule has 0 unspecified atom stereocenters. The first-order valence-electron chi connectivity index (χ1n) is 7.14. The van der Waals surface area contributed by atoms with Crippen LogP contribution in [-0.4, -0.2) is 38.9 Å². The summed E-state index contributed by atoms with van der Waals surface area (Å²) < 4.78 is 27.6. The van der Waals surface area contributed by atoms with Gasteiger partial charge < -0.3 is 4.90 Å². The summed E-state index contributed by atoms with van der Waals surface area (Å²) in [5, 5.41) is 0. The van der Waals surface area contributed by atoms with Crippen molar-refractivity contribution in [1.29, 1.82) is 0 Å². The standard InChI is InChI=1S/C16H17BrN2O2S/c17-15-8-4-5-9-16(15)22(20,21)19-12-10-18(11-13-19)14-6-2-1-3-7-14/h1-9H,10-13H2. The number of nitrogens with zero attached hydrogens (tertiary/aromatic N) is 2. The number of halogens is 1. The van der Waals surface area contributed by atoms with Crippen molar-refractivity contribution in [2.45, 2.75) is 4.90 Å². The normalized spacial score (nSPS) is 16.7. The SMILES string of the molecule is O=S(=O)(c1ccccc1Br)N1CCN(c2ccccc2)CC1. The number of sulfonamides is 1. The molecular formula is C16H17BrN2O2S. The Morgan fingerprint density at radius 2 is 1.41 bits per heavy atom. The molecule has 116 valence electrons. The van der Waals surface area contributed by atoms with Gasteiger partial charge in [0.25, 0.3) is 0 Å². The van der Waals surface area contributed by atoms with Crippen LogP contribution in [0.4, 0.5) is 5.69 Å². The summed E-state index contributed by atoms with van der Waals surface area (Å²) in [5.74, 6) is 0. The Labute approximate surface area is 139 Å². The first-order valence-corrected chi connectivity index (χ1v) is 9.37. The zero-order valence-corrected chi connectivity index (χ0v) is 14.4. The summed E-state index contributed by atoms with van der Waals surface area (Å²) in [6.07, 6.45) is 0. The van der Waals surface area contributed by atoms with Gasteiger partial charge in [-0.3, -0.25) is 0 Å². The molecule has 1 aliphatic rings. The quantitative estimate of drug-likeness (QED) is 0.821. The van der Waals surface area contributed by atoms with Crippen LogP contribution in [0.15, 0.2) is 64.0 Å². The minimum Gasteiger partial charge on any atom is -0.369 e. The Morgan fingerprint density at radius 3 is 2.05 bits per heavy atom. The molecule has 0 radical (unpaired) electrons. The molecule has 1 fully saturated rings. The summed E-state index contributed by atoms with van der Waals surface area (Å²) in [6.45, 7) is 2.40. The van der Waals surface area contributed by atoms with Gasteiger partial charge in [-0.15, -0.1) is 0 Å². The Hall–Kier alpha value is -1.37. The van der Waals surface area contributed by atoms with E-state index in [1.165, 1.54) is 0 Å². The zero-order chi connectivity index (χ0) is 15.6. The summed E-state index contributed by atoms with van der Waals surface area (Å²) in [6, 6.07) is 17.1. The molecule has 0 bridgehead atoms. The van der Waals surface area contributed by atoms with Crippen molar-refractivity contribution in [2.24, 2.45) is 0 Å². The van der Waals surface area contributed by atoms with Crippen LogP contribution in [0.1, 0.15) is 0 Å². The first-order chi connectivity index (χ1) is 10.6. The lowest BCUT2D eigenvalue weighted by Crippen LogP contribution is -2.48. The van der Waals surface area contributed by atoms with E-state index in [2.05, 4.69) is 33.0 Å². The molecule has 2 aromatic carbocycles. The molecule has 6 heteroatoms. The van der Waals surface area contributed by atoms with Gasteiger partial charge >= 0.3 is 0 Å². The number of hydrogen-bond acceptors (Lipinski definition) is 3. The van der Waals surface area contributed by atoms with E-state index in [9.17, 15) is 8.42 Å². The Kier molecular flexibility index (Phi) is 4.52. The van der Waals surface area contributed by atoms with Gasteiger partial charge in [-0.1, -0.05) is 30.3 Å².